The summed E-state index contributed by atoms with van der Waals surface area (Å²) in [5, 5.41) is 3.13. The van der Waals surface area contributed by atoms with Gasteiger partial charge in [0.25, 0.3) is 5.56 Å². The molecule has 0 radical (unpaired) electrons. The van der Waals surface area contributed by atoms with E-state index in [4.69, 9.17) is 4.74 Å². The van der Waals surface area contributed by atoms with E-state index in [-0.39, 0.29) is 24.6 Å². The molecule has 3 rings (SSSR count). The summed E-state index contributed by atoms with van der Waals surface area (Å²) in [6.07, 6.45) is 1.34. The molecule has 7 nitrogen and oxygen atoms in total. The first kappa shape index (κ1) is 20.7. The number of benzene rings is 1. The van der Waals surface area contributed by atoms with E-state index in [9.17, 15) is 14.4 Å². The number of aromatic nitrogens is 2. The van der Waals surface area contributed by atoms with Gasteiger partial charge < -0.3 is 10.1 Å². The minimum Gasteiger partial charge on any atom is -0.457 e. The van der Waals surface area contributed by atoms with E-state index >= 15 is 0 Å². The number of nitrogens with one attached hydrogen (secondary N) is 1. The number of fused-ring (bicyclic) bond motifs is 1. The molecule has 3 aromatic rings. The summed E-state index contributed by atoms with van der Waals surface area (Å²) < 4.78 is 6.64. The molecule has 1 aromatic carbocycles. The minimum atomic E-state index is -0.491. The molecule has 2 heterocycles. The Morgan fingerprint density at radius 1 is 1.24 bits per heavy atom. The Kier molecular flexibility index (Phi) is 6.43. The highest BCUT2D eigenvalue weighted by Gasteiger charge is 2.21. The van der Waals surface area contributed by atoms with Crippen molar-refractivity contribution in [3.63, 3.8) is 0 Å². The lowest BCUT2D eigenvalue weighted by molar-refractivity contribution is -0.121. The molecule has 1 N–H and O–H groups in total. The highest BCUT2D eigenvalue weighted by molar-refractivity contribution is 7.20. The Bertz CT molecular complexity index is 1090. The first-order chi connectivity index (χ1) is 13.9. The van der Waals surface area contributed by atoms with Gasteiger partial charge in [-0.25, -0.2) is 9.78 Å². The third-order valence-corrected chi connectivity index (χ3v) is 5.52. The van der Waals surface area contributed by atoms with Crippen LogP contribution in [0.1, 0.15) is 34.6 Å². The molecule has 0 fully saturated rings. The van der Waals surface area contributed by atoms with Crippen LogP contribution in [0.15, 0.2) is 41.5 Å². The van der Waals surface area contributed by atoms with E-state index < -0.39 is 5.97 Å². The van der Waals surface area contributed by atoms with Gasteiger partial charge in [0.2, 0.25) is 5.91 Å². The molecule has 152 valence electrons. The molecule has 0 saturated heterocycles. The molecular formula is C21H23N3O4S. The highest BCUT2D eigenvalue weighted by atomic mass is 32.1. The third-order valence-electron chi connectivity index (χ3n) is 4.34. The van der Waals surface area contributed by atoms with E-state index in [1.807, 2.05) is 44.2 Å². The number of ether oxygens (including phenoxy) is 1. The number of amides is 1. The highest BCUT2D eigenvalue weighted by Crippen LogP contribution is 2.27. The molecule has 0 aliphatic rings. The van der Waals surface area contributed by atoms with E-state index in [2.05, 4.69) is 10.3 Å². The molecule has 0 spiro atoms. The first-order valence-corrected chi connectivity index (χ1v) is 10.1. The molecule has 0 atom stereocenters. The van der Waals surface area contributed by atoms with Gasteiger partial charge >= 0.3 is 5.97 Å². The number of hydrogen-bond acceptors (Lipinski definition) is 6. The lowest BCUT2D eigenvalue weighted by Gasteiger charge is -2.09. The number of esters is 1. The zero-order valence-corrected chi connectivity index (χ0v) is 17.4. The van der Waals surface area contributed by atoms with E-state index in [0.29, 0.717) is 33.1 Å². The third kappa shape index (κ3) is 4.89. The standard InChI is InChI=1S/C21H23N3O4S/c1-13(2)9-22-16(25)10-24-12-23-19-17(20(24)26)14(3)18(29-19)21(27)28-11-15-7-5-4-6-8-15/h4-8,12-13H,9-11H2,1-3H3,(H,22,25). The number of aryl methyl sites for hydroxylation is 1. The number of hydrogen-bond donors (Lipinski definition) is 1. The zero-order chi connectivity index (χ0) is 21.0. The van der Waals surface area contributed by atoms with Crippen LogP contribution in [-0.2, 0) is 22.7 Å². The van der Waals surface area contributed by atoms with Gasteiger partial charge in [-0.1, -0.05) is 44.2 Å². The Morgan fingerprint density at radius 3 is 2.66 bits per heavy atom. The van der Waals surface area contributed by atoms with E-state index in [1.54, 1.807) is 6.92 Å². The van der Waals surface area contributed by atoms with Crippen molar-refractivity contribution < 1.29 is 14.3 Å². The van der Waals surface area contributed by atoms with Gasteiger partial charge in [0.15, 0.2) is 0 Å². The van der Waals surface area contributed by atoms with E-state index in [0.717, 1.165) is 16.9 Å². The van der Waals surface area contributed by atoms with Crippen molar-refractivity contribution in [2.24, 2.45) is 5.92 Å². The van der Waals surface area contributed by atoms with Crippen molar-refractivity contribution in [1.82, 2.24) is 14.9 Å². The summed E-state index contributed by atoms with van der Waals surface area (Å²) in [6.45, 7) is 6.27. The van der Waals surface area contributed by atoms with Crippen LogP contribution in [-0.4, -0.2) is 28.0 Å². The summed E-state index contributed by atoms with van der Waals surface area (Å²) in [4.78, 5) is 42.5. The zero-order valence-electron chi connectivity index (χ0n) is 16.6. The summed E-state index contributed by atoms with van der Waals surface area (Å²) in [7, 11) is 0. The fraction of sp³-hybridized carbons (Fsp3) is 0.333. The summed E-state index contributed by atoms with van der Waals surface area (Å²) in [6, 6.07) is 9.38. The van der Waals surface area contributed by atoms with Crippen molar-refractivity contribution in [3.8, 4) is 0 Å². The monoisotopic (exact) mass is 413 g/mol. The maximum atomic E-state index is 12.8. The Hall–Kier alpha value is -3.00. The molecule has 0 bridgehead atoms. The van der Waals surface area contributed by atoms with Crippen molar-refractivity contribution in [3.05, 3.63) is 63.0 Å². The predicted molar refractivity (Wildman–Crippen MR) is 112 cm³/mol. The van der Waals surface area contributed by atoms with Crippen molar-refractivity contribution in [1.29, 1.82) is 0 Å². The smallest absolute Gasteiger partial charge is 0.349 e. The fourth-order valence-corrected chi connectivity index (χ4v) is 3.82. The van der Waals surface area contributed by atoms with Gasteiger partial charge in [-0.15, -0.1) is 11.3 Å². The second-order valence-electron chi connectivity index (χ2n) is 7.17. The Balaban J connectivity index is 1.80. The lowest BCUT2D eigenvalue weighted by atomic mass is 10.2. The number of carbonyl (C=O) groups is 2. The molecule has 1 amide bonds. The van der Waals surface area contributed by atoms with Crippen LogP contribution in [0.4, 0.5) is 0 Å². The van der Waals surface area contributed by atoms with Crippen molar-refractivity contribution >= 4 is 33.4 Å². The molecule has 2 aromatic heterocycles. The minimum absolute atomic E-state index is 0.114. The number of carbonyl (C=O) groups excluding carboxylic acids is 2. The topological polar surface area (TPSA) is 90.3 Å². The molecule has 0 unspecified atom stereocenters. The number of rotatable bonds is 7. The van der Waals surface area contributed by atoms with Gasteiger partial charge in [-0.05, 0) is 24.0 Å². The molecule has 29 heavy (non-hydrogen) atoms. The van der Waals surface area contributed by atoms with Crippen LogP contribution in [0.5, 0.6) is 0 Å². The van der Waals surface area contributed by atoms with Crippen LogP contribution in [0.2, 0.25) is 0 Å². The maximum absolute atomic E-state index is 12.8. The quantitative estimate of drug-likeness (QED) is 0.602. The van der Waals surface area contributed by atoms with E-state index in [1.165, 1.54) is 10.9 Å². The van der Waals surface area contributed by atoms with Gasteiger partial charge in [-0.3, -0.25) is 14.2 Å². The second kappa shape index (κ2) is 9.00. The van der Waals surface area contributed by atoms with Crippen molar-refractivity contribution in [2.45, 2.75) is 33.9 Å². The predicted octanol–water partition coefficient (Wildman–Crippen LogP) is 2.90. The maximum Gasteiger partial charge on any atom is 0.349 e. The first-order valence-electron chi connectivity index (χ1n) is 9.33. The van der Waals surface area contributed by atoms with Crippen LogP contribution >= 0.6 is 11.3 Å². The van der Waals surface area contributed by atoms with Crippen LogP contribution in [0.3, 0.4) is 0 Å². The lowest BCUT2D eigenvalue weighted by Crippen LogP contribution is -2.34. The number of thiophene rings is 1. The molecular weight excluding hydrogens is 390 g/mol. The molecule has 0 saturated carbocycles. The average molecular weight is 413 g/mol. The van der Waals surface area contributed by atoms with Crippen molar-refractivity contribution in [2.75, 3.05) is 6.54 Å². The summed E-state index contributed by atoms with van der Waals surface area (Å²) in [5.74, 6) is -0.424. The normalized spacial score (nSPS) is 11.0. The summed E-state index contributed by atoms with van der Waals surface area (Å²) >= 11 is 1.12. The SMILES string of the molecule is Cc1c(C(=O)OCc2ccccc2)sc2ncn(CC(=O)NCC(C)C)c(=O)c12. The van der Waals surface area contributed by atoms with Crippen LogP contribution < -0.4 is 10.9 Å². The fourth-order valence-electron chi connectivity index (χ4n) is 2.78. The van der Waals surface area contributed by atoms with Gasteiger partial charge in [-0.2, -0.15) is 0 Å². The van der Waals surface area contributed by atoms with Crippen LogP contribution in [0, 0.1) is 12.8 Å². The Labute approximate surface area is 172 Å². The molecule has 8 heteroatoms. The van der Waals surface area contributed by atoms with Gasteiger partial charge in [0.1, 0.15) is 22.9 Å². The largest absolute Gasteiger partial charge is 0.457 e. The molecule has 0 aliphatic heterocycles. The van der Waals surface area contributed by atoms with Gasteiger partial charge in [0, 0.05) is 6.54 Å². The number of nitrogens with zero attached hydrogens (tertiary/aromatic N) is 2. The van der Waals surface area contributed by atoms with Gasteiger partial charge in [0.05, 0.1) is 11.7 Å². The molecule has 0 aliphatic carbocycles. The second-order valence-corrected chi connectivity index (χ2v) is 8.17. The Morgan fingerprint density at radius 2 is 1.97 bits per heavy atom. The average Bonchev–Trinajstić information content (AvgIpc) is 3.05. The summed E-state index contributed by atoms with van der Waals surface area (Å²) in [5.41, 5.74) is 1.07. The van der Waals surface area contributed by atoms with Crippen LogP contribution in [0.25, 0.3) is 10.2 Å².